The van der Waals surface area contributed by atoms with Crippen LogP contribution in [0.25, 0.3) is 11.0 Å². The van der Waals surface area contributed by atoms with E-state index >= 15 is 0 Å². The number of hydrogen-bond acceptors (Lipinski definition) is 7. The lowest BCUT2D eigenvalue weighted by molar-refractivity contribution is -0.142. The largest absolute Gasteiger partial charge is 0.482 e. The van der Waals surface area contributed by atoms with Gasteiger partial charge < -0.3 is 24.5 Å². The van der Waals surface area contributed by atoms with Crippen LogP contribution in [0, 0.1) is 0 Å². The predicted octanol–water partition coefficient (Wildman–Crippen LogP) is 2.84. The fourth-order valence-electron chi connectivity index (χ4n) is 2.82. The number of aromatic nitrogens is 2. The van der Waals surface area contributed by atoms with Gasteiger partial charge in [0.25, 0.3) is 0 Å². The van der Waals surface area contributed by atoms with Gasteiger partial charge in [-0.2, -0.15) is 0 Å². The lowest BCUT2D eigenvalue weighted by Crippen LogP contribution is -2.15. The quantitative estimate of drug-likeness (QED) is 0.263. The molecule has 1 heterocycles. The monoisotopic (exact) mass is 477 g/mol. The van der Waals surface area contributed by atoms with Gasteiger partial charge in [-0.15, -0.1) is 17.0 Å². The maximum atomic E-state index is 12.8. The Labute approximate surface area is 184 Å². The summed E-state index contributed by atoms with van der Waals surface area (Å²) < 4.78 is 11.7. The second-order valence-electron chi connectivity index (χ2n) is 6.33. The fraction of sp³-hybridized carbons (Fsp3) is 0.286. The zero-order chi connectivity index (χ0) is 20.6. The van der Waals surface area contributed by atoms with Crippen molar-refractivity contribution in [3.05, 3.63) is 54.1 Å². The van der Waals surface area contributed by atoms with Gasteiger partial charge in [-0.1, -0.05) is 12.1 Å². The molecule has 0 saturated carbocycles. The lowest BCUT2D eigenvalue weighted by Gasteiger charge is -2.10. The summed E-state index contributed by atoms with van der Waals surface area (Å²) >= 11 is 0. The summed E-state index contributed by atoms with van der Waals surface area (Å²) in [6.45, 7) is 0.564. The molecule has 2 N–H and O–H groups in total. The minimum atomic E-state index is -0.474. The molecule has 0 unspecified atom stereocenters. The number of halogens is 1. The van der Waals surface area contributed by atoms with Gasteiger partial charge in [0.1, 0.15) is 5.75 Å². The fourth-order valence-corrected chi connectivity index (χ4v) is 2.82. The summed E-state index contributed by atoms with van der Waals surface area (Å²) in [5, 5.41) is 12.2. The van der Waals surface area contributed by atoms with Crippen LogP contribution in [0.3, 0.4) is 0 Å². The van der Waals surface area contributed by atoms with E-state index in [1.807, 2.05) is 28.8 Å². The molecule has 0 saturated heterocycles. The molecule has 30 heavy (non-hydrogen) atoms. The molecule has 3 rings (SSSR count). The number of aliphatic hydroxyl groups excluding tert-OH is 1. The maximum absolute atomic E-state index is 12.8. The molecule has 0 spiro atoms. The first kappa shape index (κ1) is 23.4. The number of nitrogens with one attached hydrogen (secondary N) is 1. The standard InChI is InChI=1S/C21H23N3O5.BrH/c1-28-20(27)14-29-16-9-7-15(8-10-16)19(26)13-24-18-6-3-2-5-17(18)23-21(24)22-11-4-12-25;/h2-3,5-10,25H,4,11-14H2,1H3,(H,22,23);1H. The molecule has 9 heteroatoms. The van der Waals surface area contributed by atoms with Gasteiger partial charge in [-0.3, -0.25) is 4.79 Å². The smallest absolute Gasteiger partial charge is 0.343 e. The number of para-hydroxylation sites is 2. The number of carbonyl (C=O) groups excluding carboxylic acids is 2. The molecular formula is C21H24BrN3O5. The Morgan fingerprint density at radius 3 is 2.57 bits per heavy atom. The van der Waals surface area contributed by atoms with Crippen LogP contribution in [-0.4, -0.2) is 53.3 Å². The van der Waals surface area contributed by atoms with Crippen LogP contribution < -0.4 is 10.1 Å². The molecule has 3 aromatic rings. The number of aliphatic hydroxyl groups is 1. The summed E-state index contributed by atoms with van der Waals surface area (Å²) in [5.41, 5.74) is 2.17. The Bertz CT molecular complexity index is 988. The van der Waals surface area contributed by atoms with Gasteiger partial charge in [0.2, 0.25) is 5.95 Å². The Hall–Kier alpha value is -2.91. The van der Waals surface area contributed by atoms with Crippen molar-refractivity contribution in [2.75, 3.05) is 32.2 Å². The first-order valence-corrected chi connectivity index (χ1v) is 9.25. The number of carbonyl (C=O) groups is 2. The van der Waals surface area contributed by atoms with Crippen molar-refractivity contribution in [1.82, 2.24) is 9.55 Å². The molecule has 160 valence electrons. The van der Waals surface area contributed by atoms with Crippen LogP contribution in [0.1, 0.15) is 16.8 Å². The zero-order valence-corrected chi connectivity index (χ0v) is 18.3. The number of rotatable bonds is 10. The summed E-state index contributed by atoms with van der Waals surface area (Å²) in [5.74, 6) is 0.508. The van der Waals surface area contributed by atoms with Crippen molar-refractivity contribution in [2.24, 2.45) is 0 Å². The molecule has 8 nitrogen and oxygen atoms in total. The third-order valence-electron chi connectivity index (χ3n) is 4.33. The van der Waals surface area contributed by atoms with E-state index in [4.69, 9.17) is 9.84 Å². The first-order valence-electron chi connectivity index (χ1n) is 9.25. The van der Waals surface area contributed by atoms with E-state index in [1.54, 1.807) is 24.3 Å². The first-order chi connectivity index (χ1) is 14.1. The van der Waals surface area contributed by atoms with Gasteiger partial charge in [0, 0.05) is 18.7 Å². The Kier molecular flexibility index (Phi) is 8.82. The SMILES string of the molecule is Br.COC(=O)COc1ccc(C(=O)Cn2c(NCCCO)nc3ccccc32)cc1. The third-order valence-corrected chi connectivity index (χ3v) is 4.33. The van der Waals surface area contributed by atoms with Crippen LogP contribution in [0.5, 0.6) is 5.75 Å². The Balaban J connectivity index is 0.00000320. The number of hydrogen-bond donors (Lipinski definition) is 2. The van der Waals surface area contributed by atoms with Crippen molar-refractivity contribution < 1.29 is 24.2 Å². The molecule has 0 amide bonds. The van der Waals surface area contributed by atoms with E-state index < -0.39 is 5.97 Å². The molecule has 0 fully saturated rings. The highest BCUT2D eigenvalue weighted by atomic mass is 79.9. The number of fused-ring (bicyclic) bond motifs is 1. The maximum Gasteiger partial charge on any atom is 0.343 e. The van der Waals surface area contributed by atoms with Crippen molar-refractivity contribution in [3.63, 3.8) is 0 Å². The van der Waals surface area contributed by atoms with E-state index in [1.165, 1.54) is 7.11 Å². The van der Waals surface area contributed by atoms with Crippen LogP contribution in [0.4, 0.5) is 5.95 Å². The van der Waals surface area contributed by atoms with Crippen LogP contribution in [0.15, 0.2) is 48.5 Å². The summed E-state index contributed by atoms with van der Waals surface area (Å²) in [6.07, 6.45) is 0.587. The molecule has 0 aliphatic heterocycles. The van der Waals surface area contributed by atoms with E-state index in [9.17, 15) is 9.59 Å². The number of nitrogens with zero attached hydrogens (tertiary/aromatic N) is 2. The number of ether oxygens (including phenoxy) is 2. The van der Waals surface area contributed by atoms with Crippen molar-refractivity contribution in [1.29, 1.82) is 0 Å². The van der Waals surface area contributed by atoms with Crippen LogP contribution in [0.2, 0.25) is 0 Å². The molecule has 0 radical (unpaired) electrons. The van der Waals surface area contributed by atoms with Gasteiger partial charge in [0.05, 0.1) is 24.7 Å². The second kappa shape index (κ2) is 11.3. The highest BCUT2D eigenvalue weighted by Gasteiger charge is 2.15. The molecule has 0 atom stereocenters. The summed E-state index contributed by atoms with van der Waals surface area (Å²) in [4.78, 5) is 28.5. The average molecular weight is 478 g/mol. The molecule has 0 bridgehead atoms. The van der Waals surface area contributed by atoms with Crippen LogP contribution >= 0.6 is 17.0 Å². The minimum Gasteiger partial charge on any atom is -0.482 e. The van der Waals surface area contributed by atoms with E-state index in [0.717, 1.165) is 11.0 Å². The highest BCUT2D eigenvalue weighted by molar-refractivity contribution is 8.93. The molecule has 1 aromatic heterocycles. The van der Waals surface area contributed by atoms with E-state index in [2.05, 4.69) is 15.0 Å². The number of esters is 1. The molecule has 0 aliphatic rings. The number of anilines is 1. The number of methoxy groups -OCH3 is 1. The lowest BCUT2D eigenvalue weighted by atomic mass is 10.1. The average Bonchev–Trinajstić information content (AvgIpc) is 3.10. The number of ketones is 1. The Morgan fingerprint density at radius 1 is 1.13 bits per heavy atom. The second-order valence-corrected chi connectivity index (χ2v) is 6.33. The number of imidazole rings is 1. The van der Waals surface area contributed by atoms with Gasteiger partial charge in [-0.25, -0.2) is 9.78 Å². The summed E-state index contributed by atoms with van der Waals surface area (Å²) in [7, 11) is 1.29. The van der Waals surface area contributed by atoms with Crippen molar-refractivity contribution >= 4 is 45.7 Å². The Morgan fingerprint density at radius 2 is 1.87 bits per heavy atom. The molecule has 0 aliphatic carbocycles. The molecule has 2 aromatic carbocycles. The van der Waals surface area contributed by atoms with Crippen LogP contribution in [-0.2, 0) is 16.1 Å². The number of benzene rings is 2. The van der Waals surface area contributed by atoms with E-state index in [-0.39, 0.29) is 42.5 Å². The summed E-state index contributed by atoms with van der Waals surface area (Å²) in [6, 6.07) is 14.2. The normalized spacial score (nSPS) is 10.3. The van der Waals surface area contributed by atoms with Gasteiger partial charge in [-0.05, 0) is 42.8 Å². The minimum absolute atomic E-state index is 0. The van der Waals surface area contributed by atoms with Crippen molar-refractivity contribution in [3.8, 4) is 5.75 Å². The van der Waals surface area contributed by atoms with E-state index in [0.29, 0.717) is 30.2 Å². The highest BCUT2D eigenvalue weighted by Crippen LogP contribution is 2.21. The van der Waals surface area contributed by atoms with Gasteiger partial charge >= 0.3 is 5.97 Å². The predicted molar refractivity (Wildman–Crippen MR) is 119 cm³/mol. The topological polar surface area (TPSA) is 103 Å². The number of Topliss-reactive ketones (excluding diaryl/α,β-unsaturated/α-hetero) is 1. The zero-order valence-electron chi connectivity index (χ0n) is 16.5. The van der Waals surface area contributed by atoms with Gasteiger partial charge in [0.15, 0.2) is 12.4 Å². The third kappa shape index (κ3) is 5.80. The van der Waals surface area contributed by atoms with Crippen molar-refractivity contribution in [2.45, 2.75) is 13.0 Å². The molecular weight excluding hydrogens is 454 g/mol.